The van der Waals surface area contributed by atoms with Crippen molar-refractivity contribution >= 4 is 23.5 Å². The molecule has 0 aliphatic heterocycles. The quantitative estimate of drug-likeness (QED) is 0.792. The fraction of sp³-hybridized carbons (Fsp3) is 0.364. The Balaban J connectivity index is 2.33. The molecule has 1 aromatic rings. The van der Waals surface area contributed by atoms with E-state index in [0.29, 0.717) is 12.3 Å². The van der Waals surface area contributed by atoms with Crippen LogP contribution in [0.4, 0.5) is 4.79 Å². The molecule has 1 rings (SSSR count). The van der Waals surface area contributed by atoms with Gasteiger partial charge >= 0.3 is 6.03 Å². The topological polar surface area (TPSA) is 80.3 Å². The van der Waals surface area contributed by atoms with Crippen molar-refractivity contribution in [1.29, 1.82) is 0 Å². The molecule has 1 heterocycles. The zero-order valence-electron chi connectivity index (χ0n) is 9.90. The molecule has 0 saturated carbocycles. The van der Waals surface area contributed by atoms with Crippen molar-refractivity contribution in [2.45, 2.75) is 13.3 Å². The minimum atomic E-state index is -0.552. The van der Waals surface area contributed by atoms with Crippen LogP contribution >= 0.6 is 11.6 Å². The number of pyridine rings is 1. The number of nitrogens with zero attached hydrogens (tertiary/aromatic N) is 1. The highest BCUT2D eigenvalue weighted by Crippen LogP contribution is 2.19. The summed E-state index contributed by atoms with van der Waals surface area (Å²) in [4.78, 5) is 26.3. The van der Waals surface area contributed by atoms with Gasteiger partial charge in [-0.15, -0.1) is 0 Å². The van der Waals surface area contributed by atoms with E-state index in [1.165, 1.54) is 6.20 Å². The number of urea groups is 1. The van der Waals surface area contributed by atoms with Crippen LogP contribution in [0.25, 0.3) is 0 Å². The minimum Gasteiger partial charge on any atom is -0.481 e. The van der Waals surface area contributed by atoms with E-state index in [1.807, 2.05) is 6.92 Å². The van der Waals surface area contributed by atoms with Gasteiger partial charge in [0.1, 0.15) is 0 Å². The largest absolute Gasteiger partial charge is 0.481 e. The molecule has 0 spiro atoms. The summed E-state index contributed by atoms with van der Waals surface area (Å²) in [5, 5.41) is 4.80. The second-order valence-corrected chi connectivity index (χ2v) is 3.74. The molecule has 0 atom stereocenters. The molecule has 0 aliphatic rings. The minimum absolute atomic E-state index is 0.167. The first-order valence-electron chi connectivity index (χ1n) is 5.44. The highest BCUT2D eigenvalue weighted by Gasteiger charge is 2.09. The van der Waals surface area contributed by atoms with Crippen molar-refractivity contribution < 1.29 is 14.3 Å². The number of carbonyl (C=O) groups is 2. The van der Waals surface area contributed by atoms with Gasteiger partial charge in [0.05, 0.1) is 0 Å². The van der Waals surface area contributed by atoms with Crippen LogP contribution in [0.2, 0.25) is 5.15 Å². The van der Waals surface area contributed by atoms with E-state index in [4.69, 9.17) is 16.3 Å². The number of aromatic nitrogens is 1. The standard InChI is InChI=1S/C11H14ClN3O3/c1-2-5-14-11(17)15-9(16)7-18-8-4-3-6-13-10(8)12/h3-4,6H,2,5,7H2,1H3,(H2,14,15,16,17). The van der Waals surface area contributed by atoms with Crippen molar-refractivity contribution in [3.05, 3.63) is 23.5 Å². The first-order chi connectivity index (χ1) is 8.63. The van der Waals surface area contributed by atoms with Crippen LogP contribution in [-0.4, -0.2) is 30.1 Å². The van der Waals surface area contributed by atoms with Gasteiger partial charge in [-0.25, -0.2) is 9.78 Å². The molecule has 7 heteroatoms. The molecular weight excluding hydrogens is 258 g/mol. The monoisotopic (exact) mass is 271 g/mol. The summed E-state index contributed by atoms with van der Waals surface area (Å²) in [6.45, 7) is 2.12. The summed E-state index contributed by atoms with van der Waals surface area (Å²) in [5.74, 6) is -0.258. The molecule has 0 bridgehead atoms. The average Bonchev–Trinajstić information content (AvgIpc) is 2.35. The molecule has 2 N–H and O–H groups in total. The lowest BCUT2D eigenvalue weighted by molar-refractivity contribution is -0.122. The lowest BCUT2D eigenvalue weighted by Gasteiger charge is -2.07. The van der Waals surface area contributed by atoms with Crippen LogP contribution in [0.1, 0.15) is 13.3 Å². The summed E-state index contributed by atoms with van der Waals surface area (Å²) in [5.41, 5.74) is 0. The second kappa shape index (κ2) is 7.50. The van der Waals surface area contributed by atoms with Gasteiger partial charge in [0, 0.05) is 12.7 Å². The second-order valence-electron chi connectivity index (χ2n) is 3.39. The Hall–Kier alpha value is -1.82. The lowest BCUT2D eigenvalue weighted by atomic mass is 10.4. The Kier molecular flexibility index (Phi) is 5.93. The number of carbonyl (C=O) groups excluding carboxylic acids is 2. The van der Waals surface area contributed by atoms with Gasteiger partial charge < -0.3 is 10.1 Å². The highest BCUT2D eigenvalue weighted by molar-refractivity contribution is 6.30. The van der Waals surface area contributed by atoms with Crippen molar-refractivity contribution in [2.75, 3.05) is 13.2 Å². The van der Waals surface area contributed by atoms with E-state index in [-0.39, 0.29) is 11.8 Å². The van der Waals surface area contributed by atoms with Gasteiger partial charge in [0.25, 0.3) is 5.91 Å². The Morgan fingerprint density at radius 1 is 1.50 bits per heavy atom. The molecule has 1 aromatic heterocycles. The van der Waals surface area contributed by atoms with E-state index in [2.05, 4.69) is 15.6 Å². The summed E-state index contributed by atoms with van der Waals surface area (Å²) in [6.07, 6.45) is 2.30. The van der Waals surface area contributed by atoms with Crippen LogP contribution in [0.5, 0.6) is 5.75 Å². The van der Waals surface area contributed by atoms with Crippen molar-refractivity contribution in [1.82, 2.24) is 15.6 Å². The van der Waals surface area contributed by atoms with E-state index in [9.17, 15) is 9.59 Å². The Bertz CT molecular complexity index is 426. The average molecular weight is 272 g/mol. The molecule has 6 nitrogen and oxygen atoms in total. The third kappa shape index (κ3) is 5.01. The maximum atomic E-state index is 11.3. The Morgan fingerprint density at radius 2 is 2.28 bits per heavy atom. The number of hydrogen-bond donors (Lipinski definition) is 2. The maximum Gasteiger partial charge on any atom is 0.321 e. The fourth-order valence-corrected chi connectivity index (χ4v) is 1.24. The molecule has 18 heavy (non-hydrogen) atoms. The number of rotatable bonds is 5. The number of nitrogens with one attached hydrogen (secondary N) is 2. The van der Waals surface area contributed by atoms with E-state index in [1.54, 1.807) is 12.1 Å². The van der Waals surface area contributed by atoms with Crippen LogP contribution in [0.15, 0.2) is 18.3 Å². The first-order valence-corrected chi connectivity index (χ1v) is 5.82. The van der Waals surface area contributed by atoms with Crippen molar-refractivity contribution in [3.63, 3.8) is 0 Å². The third-order valence-corrected chi connectivity index (χ3v) is 2.16. The number of ether oxygens (including phenoxy) is 1. The smallest absolute Gasteiger partial charge is 0.321 e. The fourth-order valence-electron chi connectivity index (χ4n) is 1.07. The van der Waals surface area contributed by atoms with Crippen molar-refractivity contribution in [2.24, 2.45) is 0 Å². The summed E-state index contributed by atoms with van der Waals surface area (Å²) in [7, 11) is 0. The molecule has 0 radical (unpaired) electrons. The Morgan fingerprint density at radius 3 is 2.94 bits per heavy atom. The molecule has 0 fully saturated rings. The number of imide groups is 1. The van der Waals surface area contributed by atoms with Gasteiger partial charge in [-0.05, 0) is 18.6 Å². The zero-order valence-corrected chi connectivity index (χ0v) is 10.7. The molecule has 0 aromatic carbocycles. The van der Waals surface area contributed by atoms with Gasteiger partial charge in [0.2, 0.25) is 0 Å². The highest BCUT2D eigenvalue weighted by atomic mass is 35.5. The number of halogens is 1. The van der Waals surface area contributed by atoms with Crippen LogP contribution < -0.4 is 15.4 Å². The molecule has 0 saturated heterocycles. The SMILES string of the molecule is CCCNC(=O)NC(=O)COc1cccnc1Cl. The summed E-state index contributed by atoms with van der Waals surface area (Å²) in [6, 6.07) is 2.68. The predicted molar refractivity (Wildman–Crippen MR) is 66.6 cm³/mol. The van der Waals surface area contributed by atoms with Crippen LogP contribution in [0.3, 0.4) is 0 Å². The van der Waals surface area contributed by atoms with Gasteiger partial charge in [-0.1, -0.05) is 18.5 Å². The predicted octanol–water partition coefficient (Wildman–Crippen LogP) is 1.35. The molecule has 0 aliphatic carbocycles. The molecule has 98 valence electrons. The molecular formula is C11H14ClN3O3. The van der Waals surface area contributed by atoms with Crippen molar-refractivity contribution in [3.8, 4) is 5.75 Å². The maximum absolute atomic E-state index is 11.3. The molecule has 3 amide bonds. The molecule has 0 unspecified atom stereocenters. The number of amides is 3. The third-order valence-electron chi connectivity index (χ3n) is 1.87. The van der Waals surface area contributed by atoms with Crippen LogP contribution in [0, 0.1) is 0 Å². The van der Waals surface area contributed by atoms with E-state index >= 15 is 0 Å². The normalized spacial score (nSPS) is 9.67. The summed E-state index contributed by atoms with van der Waals surface area (Å²) < 4.78 is 5.12. The van der Waals surface area contributed by atoms with E-state index < -0.39 is 11.9 Å². The Labute approximate surface area is 110 Å². The lowest BCUT2D eigenvalue weighted by Crippen LogP contribution is -2.41. The number of hydrogen-bond acceptors (Lipinski definition) is 4. The van der Waals surface area contributed by atoms with E-state index in [0.717, 1.165) is 6.42 Å². The van der Waals surface area contributed by atoms with Crippen LogP contribution in [-0.2, 0) is 4.79 Å². The van der Waals surface area contributed by atoms with Gasteiger partial charge in [-0.3, -0.25) is 10.1 Å². The first kappa shape index (κ1) is 14.2. The van der Waals surface area contributed by atoms with Gasteiger partial charge in [-0.2, -0.15) is 0 Å². The van der Waals surface area contributed by atoms with Gasteiger partial charge in [0.15, 0.2) is 17.5 Å². The summed E-state index contributed by atoms with van der Waals surface area (Å²) >= 11 is 5.73. The zero-order chi connectivity index (χ0) is 13.4.